The summed E-state index contributed by atoms with van der Waals surface area (Å²) in [4.78, 5) is 0. The zero-order chi connectivity index (χ0) is 7.28. The molecule has 0 bridgehead atoms. The molecule has 0 aromatic rings. The van der Waals surface area contributed by atoms with Crippen LogP contribution in [0.15, 0.2) is 24.7 Å². The second-order valence-corrected chi connectivity index (χ2v) is 1.67. The molecule has 0 aliphatic carbocycles. The third-order valence-corrected chi connectivity index (χ3v) is 0.589. The Kier molecular flexibility index (Phi) is 3.55. The fraction of sp³-hybridized carbons (Fsp3) is 0.333. The Hall–Kier alpha value is -0.960. The van der Waals surface area contributed by atoms with Crippen LogP contribution in [-0.4, -0.2) is 23.3 Å². The molecule has 0 atom stereocenters. The molecular formula is C6H10NO2. The van der Waals surface area contributed by atoms with Gasteiger partial charge in [-0.25, -0.2) is 5.32 Å². The van der Waals surface area contributed by atoms with E-state index in [1.54, 1.807) is 0 Å². The van der Waals surface area contributed by atoms with Gasteiger partial charge in [-0.1, -0.05) is 13.2 Å². The predicted octanol–water partition coefficient (Wildman–Crippen LogP) is 0.734. The highest BCUT2D eigenvalue weighted by atomic mass is 16.3. The zero-order valence-electron chi connectivity index (χ0n) is 5.17. The number of hydrogen-bond acceptors (Lipinski definition) is 2. The zero-order valence-corrected chi connectivity index (χ0v) is 5.17. The van der Waals surface area contributed by atoms with Gasteiger partial charge in [-0.05, 0) is 0 Å². The van der Waals surface area contributed by atoms with E-state index in [1.165, 1.54) is 0 Å². The van der Waals surface area contributed by atoms with Gasteiger partial charge in [0.2, 0.25) is 0 Å². The summed E-state index contributed by atoms with van der Waals surface area (Å²) in [6.07, 6.45) is 0. The minimum absolute atomic E-state index is 0.00347. The van der Waals surface area contributed by atoms with Crippen molar-refractivity contribution in [1.29, 1.82) is 0 Å². The highest BCUT2D eigenvalue weighted by Crippen LogP contribution is 1.82. The lowest BCUT2D eigenvalue weighted by molar-refractivity contribution is 0.368. The fourth-order valence-corrected chi connectivity index (χ4v) is 0.314. The number of aliphatic hydroxyl groups is 2. The lowest BCUT2D eigenvalue weighted by atomic mass is 10.5. The lowest BCUT2D eigenvalue weighted by Gasteiger charge is -1.97. The van der Waals surface area contributed by atoms with Crippen LogP contribution in [-0.2, 0) is 0 Å². The van der Waals surface area contributed by atoms with Crippen LogP contribution in [0.1, 0.15) is 0 Å². The molecule has 0 heterocycles. The molecule has 0 fully saturated rings. The summed E-state index contributed by atoms with van der Waals surface area (Å²) in [5.41, 5.74) is 0. The van der Waals surface area contributed by atoms with E-state index in [0.29, 0.717) is 0 Å². The van der Waals surface area contributed by atoms with Crippen LogP contribution >= 0.6 is 0 Å². The highest BCUT2D eigenvalue weighted by Gasteiger charge is 1.90. The van der Waals surface area contributed by atoms with Crippen LogP contribution in [0.2, 0.25) is 0 Å². The SMILES string of the molecule is C=C(O)C[N]CC(=C)O. The summed E-state index contributed by atoms with van der Waals surface area (Å²) in [6.45, 7) is 6.74. The molecule has 0 aliphatic heterocycles. The van der Waals surface area contributed by atoms with Crippen molar-refractivity contribution in [3.63, 3.8) is 0 Å². The summed E-state index contributed by atoms with van der Waals surface area (Å²) < 4.78 is 0. The molecule has 2 N–H and O–H groups in total. The van der Waals surface area contributed by atoms with Gasteiger partial charge < -0.3 is 10.2 Å². The standard InChI is InChI=1S/C6H10NO2/c1-5(8)3-7-4-6(2)9/h8-9H,1-4H2. The number of aliphatic hydroxyl groups excluding tert-OH is 2. The Bertz CT molecular complexity index is 106. The molecule has 0 saturated heterocycles. The van der Waals surface area contributed by atoms with Crippen molar-refractivity contribution >= 4 is 0 Å². The summed E-state index contributed by atoms with van der Waals surface area (Å²) in [7, 11) is 0. The molecule has 0 unspecified atom stereocenters. The lowest BCUT2D eigenvalue weighted by Crippen LogP contribution is -2.10. The maximum absolute atomic E-state index is 8.47. The van der Waals surface area contributed by atoms with Crippen molar-refractivity contribution in [1.82, 2.24) is 5.32 Å². The van der Waals surface area contributed by atoms with Crippen LogP contribution in [0.4, 0.5) is 0 Å². The third kappa shape index (κ3) is 7.04. The average molecular weight is 128 g/mol. The first-order chi connectivity index (χ1) is 4.13. The van der Waals surface area contributed by atoms with Gasteiger partial charge in [0.05, 0.1) is 13.1 Å². The minimum atomic E-state index is -0.00347. The molecule has 3 nitrogen and oxygen atoms in total. The van der Waals surface area contributed by atoms with E-state index in [4.69, 9.17) is 10.2 Å². The summed E-state index contributed by atoms with van der Waals surface area (Å²) in [5.74, 6) is -0.00694. The van der Waals surface area contributed by atoms with E-state index < -0.39 is 0 Å². The number of rotatable bonds is 4. The molecule has 51 valence electrons. The van der Waals surface area contributed by atoms with Gasteiger partial charge in [-0.3, -0.25) is 0 Å². The average Bonchev–Trinajstić information content (AvgIpc) is 1.63. The quantitative estimate of drug-likeness (QED) is 0.548. The van der Waals surface area contributed by atoms with E-state index in [1.807, 2.05) is 0 Å². The minimum Gasteiger partial charge on any atom is -0.512 e. The molecule has 0 aliphatic rings. The van der Waals surface area contributed by atoms with E-state index in [-0.39, 0.29) is 24.6 Å². The largest absolute Gasteiger partial charge is 0.512 e. The molecule has 0 amide bonds. The van der Waals surface area contributed by atoms with Gasteiger partial charge >= 0.3 is 0 Å². The molecule has 1 radical (unpaired) electrons. The smallest absolute Gasteiger partial charge is 0.101 e. The monoisotopic (exact) mass is 128 g/mol. The van der Waals surface area contributed by atoms with E-state index in [0.717, 1.165) is 0 Å². The van der Waals surface area contributed by atoms with Crippen LogP contribution in [0, 0.1) is 0 Å². The summed E-state index contributed by atoms with van der Waals surface area (Å²) in [6, 6.07) is 0. The Labute approximate surface area is 54.3 Å². The first kappa shape index (κ1) is 8.04. The topological polar surface area (TPSA) is 54.6 Å². The molecule has 0 rings (SSSR count). The third-order valence-electron chi connectivity index (χ3n) is 0.589. The Morgan fingerprint density at radius 2 is 1.44 bits per heavy atom. The van der Waals surface area contributed by atoms with Crippen molar-refractivity contribution in [3.8, 4) is 0 Å². The van der Waals surface area contributed by atoms with Crippen molar-refractivity contribution in [2.45, 2.75) is 0 Å². The molecule has 3 heteroatoms. The van der Waals surface area contributed by atoms with Crippen molar-refractivity contribution < 1.29 is 10.2 Å². The second kappa shape index (κ2) is 3.97. The van der Waals surface area contributed by atoms with Crippen LogP contribution < -0.4 is 5.32 Å². The van der Waals surface area contributed by atoms with Gasteiger partial charge in [0.25, 0.3) is 0 Å². The number of hydrogen-bond donors (Lipinski definition) is 2. The van der Waals surface area contributed by atoms with Gasteiger partial charge in [-0.2, -0.15) is 0 Å². The molecule has 9 heavy (non-hydrogen) atoms. The summed E-state index contributed by atoms with van der Waals surface area (Å²) >= 11 is 0. The van der Waals surface area contributed by atoms with Crippen LogP contribution in [0.5, 0.6) is 0 Å². The van der Waals surface area contributed by atoms with Crippen molar-refractivity contribution in [2.24, 2.45) is 0 Å². The molecule has 0 saturated carbocycles. The first-order valence-corrected chi connectivity index (χ1v) is 2.49. The normalized spacial score (nSPS) is 8.89. The van der Waals surface area contributed by atoms with E-state index >= 15 is 0 Å². The Balaban J connectivity index is 3.10. The summed E-state index contributed by atoms with van der Waals surface area (Å²) in [5, 5.41) is 20.6. The maximum atomic E-state index is 8.47. The number of nitrogens with zero attached hydrogens (tertiary/aromatic N) is 1. The van der Waals surface area contributed by atoms with Gasteiger partial charge in [-0.15, -0.1) is 0 Å². The van der Waals surface area contributed by atoms with Crippen molar-refractivity contribution in [3.05, 3.63) is 24.7 Å². The molecule has 0 aromatic heterocycles. The molecule has 0 spiro atoms. The highest BCUT2D eigenvalue weighted by molar-refractivity contribution is 4.86. The van der Waals surface area contributed by atoms with Gasteiger partial charge in [0.15, 0.2) is 0 Å². The van der Waals surface area contributed by atoms with Gasteiger partial charge in [0, 0.05) is 0 Å². The molecular weight excluding hydrogens is 118 g/mol. The van der Waals surface area contributed by atoms with Crippen LogP contribution in [0.25, 0.3) is 0 Å². The maximum Gasteiger partial charge on any atom is 0.101 e. The predicted molar refractivity (Wildman–Crippen MR) is 35.4 cm³/mol. The van der Waals surface area contributed by atoms with Crippen molar-refractivity contribution in [2.75, 3.05) is 13.1 Å². The van der Waals surface area contributed by atoms with Crippen LogP contribution in [0.3, 0.4) is 0 Å². The fourth-order valence-electron chi connectivity index (χ4n) is 0.314. The second-order valence-electron chi connectivity index (χ2n) is 1.67. The molecule has 0 aromatic carbocycles. The first-order valence-electron chi connectivity index (χ1n) is 2.49. The van der Waals surface area contributed by atoms with Gasteiger partial charge in [0.1, 0.15) is 11.5 Å². The van der Waals surface area contributed by atoms with E-state index in [2.05, 4.69) is 18.5 Å². The Morgan fingerprint density at radius 1 is 1.11 bits per heavy atom. The Morgan fingerprint density at radius 3 is 1.67 bits per heavy atom. The van der Waals surface area contributed by atoms with E-state index in [9.17, 15) is 0 Å².